The molecule has 0 unspecified atom stereocenters. The van der Waals surface area contributed by atoms with Gasteiger partial charge in [-0.3, -0.25) is 9.59 Å². The molecule has 0 fully saturated rings. The molecule has 1 aromatic heterocycles. The largest absolute Gasteiger partial charge is 0.433 e. The Morgan fingerprint density at radius 1 is 1.07 bits per heavy atom. The summed E-state index contributed by atoms with van der Waals surface area (Å²) in [6.07, 6.45) is -4.58. The molecule has 1 aromatic carbocycles. The molecule has 2 aromatic rings. The zero-order chi connectivity index (χ0) is 21.2. The number of anilines is 1. The van der Waals surface area contributed by atoms with Crippen LogP contribution in [0, 0.1) is 27.7 Å². The first-order chi connectivity index (χ1) is 12.9. The van der Waals surface area contributed by atoms with Crippen LogP contribution in [-0.4, -0.2) is 35.3 Å². The molecule has 28 heavy (non-hydrogen) atoms. The minimum Gasteiger partial charge on any atom is -0.332 e. The van der Waals surface area contributed by atoms with Crippen LogP contribution in [0.4, 0.5) is 18.9 Å². The highest BCUT2D eigenvalue weighted by atomic mass is 19.4. The van der Waals surface area contributed by atoms with Crippen molar-refractivity contribution in [3.63, 3.8) is 0 Å². The van der Waals surface area contributed by atoms with Gasteiger partial charge in [0.25, 0.3) is 5.91 Å². The number of nitrogens with one attached hydrogen (secondary N) is 1. The van der Waals surface area contributed by atoms with Crippen molar-refractivity contribution >= 4 is 17.5 Å². The second kappa shape index (κ2) is 8.00. The normalized spacial score (nSPS) is 11.3. The van der Waals surface area contributed by atoms with E-state index >= 15 is 0 Å². The monoisotopic (exact) mass is 393 g/mol. The summed E-state index contributed by atoms with van der Waals surface area (Å²) in [5.74, 6) is -0.977. The Bertz CT molecular complexity index is 900. The molecule has 0 spiro atoms. The number of carbonyl (C=O) groups excluding carboxylic acids is 2. The van der Waals surface area contributed by atoms with Gasteiger partial charge in [0, 0.05) is 12.7 Å². The fraction of sp³-hybridized carbons (Fsp3) is 0.350. The summed E-state index contributed by atoms with van der Waals surface area (Å²) < 4.78 is 38.2. The molecular weight excluding hydrogens is 371 g/mol. The average molecular weight is 393 g/mol. The molecule has 150 valence electrons. The van der Waals surface area contributed by atoms with Crippen LogP contribution >= 0.6 is 0 Å². The SMILES string of the molecule is Cc1cc(C)c(NC(=O)CN(C)C(=O)c2ccc(C(F)(F)F)nc2C)c(C)c1. The number of amides is 2. The third kappa shape index (κ3) is 4.88. The molecule has 0 aliphatic rings. The first-order valence-electron chi connectivity index (χ1n) is 8.58. The number of aryl methyl sites for hydroxylation is 4. The van der Waals surface area contributed by atoms with Crippen LogP contribution in [0.2, 0.25) is 0 Å². The van der Waals surface area contributed by atoms with Gasteiger partial charge < -0.3 is 10.2 Å². The number of alkyl halides is 3. The first kappa shape index (κ1) is 21.4. The van der Waals surface area contributed by atoms with Gasteiger partial charge >= 0.3 is 6.18 Å². The zero-order valence-corrected chi connectivity index (χ0v) is 16.4. The van der Waals surface area contributed by atoms with E-state index in [1.54, 1.807) is 0 Å². The second-order valence-electron chi connectivity index (χ2n) is 6.81. The predicted molar refractivity (Wildman–Crippen MR) is 100 cm³/mol. The van der Waals surface area contributed by atoms with Crippen molar-refractivity contribution in [2.24, 2.45) is 0 Å². The summed E-state index contributed by atoms with van der Waals surface area (Å²) in [5.41, 5.74) is 2.48. The lowest BCUT2D eigenvalue weighted by Crippen LogP contribution is -2.35. The van der Waals surface area contributed by atoms with Crippen molar-refractivity contribution in [2.45, 2.75) is 33.9 Å². The Morgan fingerprint density at radius 2 is 1.64 bits per heavy atom. The summed E-state index contributed by atoms with van der Waals surface area (Å²) in [6.45, 7) is 6.80. The van der Waals surface area contributed by atoms with E-state index < -0.39 is 23.7 Å². The molecule has 0 saturated carbocycles. The zero-order valence-electron chi connectivity index (χ0n) is 16.4. The van der Waals surface area contributed by atoms with E-state index in [1.165, 1.54) is 14.0 Å². The van der Waals surface area contributed by atoms with Crippen molar-refractivity contribution in [1.82, 2.24) is 9.88 Å². The standard InChI is InChI=1S/C20H22F3N3O2/c1-11-8-12(2)18(13(3)9-11)25-17(27)10-26(5)19(28)15-6-7-16(20(21,22)23)24-14(15)4/h6-9H,10H2,1-5H3,(H,25,27). The van der Waals surface area contributed by atoms with Crippen LogP contribution in [-0.2, 0) is 11.0 Å². The Labute approximate surface area is 161 Å². The van der Waals surface area contributed by atoms with E-state index in [2.05, 4.69) is 10.3 Å². The van der Waals surface area contributed by atoms with E-state index in [0.29, 0.717) is 5.69 Å². The fourth-order valence-corrected chi connectivity index (χ4v) is 2.99. The molecule has 0 aliphatic carbocycles. The average Bonchev–Trinajstić information content (AvgIpc) is 2.56. The molecular formula is C20H22F3N3O2. The maximum absolute atomic E-state index is 12.7. The highest BCUT2D eigenvalue weighted by molar-refractivity contribution is 6.00. The van der Waals surface area contributed by atoms with Gasteiger partial charge in [0.2, 0.25) is 5.91 Å². The van der Waals surface area contributed by atoms with Crippen LogP contribution in [0.5, 0.6) is 0 Å². The topological polar surface area (TPSA) is 62.3 Å². The van der Waals surface area contributed by atoms with Crippen molar-refractivity contribution < 1.29 is 22.8 Å². The number of likely N-dealkylation sites (N-methyl/N-ethyl adjacent to an activating group) is 1. The molecule has 0 atom stereocenters. The van der Waals surface area contributed by atoms with Gasteiger partial charge in [0.05, 0.1) is 17.8 Å². The number of hydrogen-bond donors (Lipinski definition) is 1. The smallest absolute Gasteiger partial charge is 0.332 e. The lowest BCUT2D eigenvalue weighted by atomic mass is 10.1. The Morgan fingerprint density at radius 3 is 2.14 bits per heavy atom. The van der Waals surface area contributed by atoms with Gasteiger partial charge in [-0.05, 0) is 51.0 Å². The van der Waals surface area contributed by atoms with E-state index in [-0.39, 0.29) is 17.8 Å². The van der Waals surface area contributed by atoms with E-state index in [1.807, 2.05) is 32.9 Å². The first-order valence-corrected chi connectivity index (χ1v) is 8.58. The summed E-state index contributed by atoms with van der Waals surface area (Å²) in [7, 11) is 1.41. The number of carbonyl (C=O) groups is 2. The van der Waals surface area contributed by atoms with E-state index in [9.17, 15) is 22.8 Å². The van der Waals surface area contributed by atoms with Gasteiger partial charge in [0.1, 0.15) is 5.69 Å². The highest BCUT2D eigenvalue weighted by Gasteiger charge is 2.33. The molecule has 2 rings (SSSR count). The van der Waals surface area contributed by atoms with Crippen LogP contribution in [0.3, 0.4) is 0 Å². The van der Waals surface area contributed by atoms with Crippen LogP contribution < -0.4 is 5.32 Å². The quantitative estimate of drug-likeness (QED) is 0.853. The van der Waals surface area contributed by atoms with Crippen molar-refractivity contribution in [1.29, 1.82) is 0 Å². The molecule has 0 saturated heterocycles. The number of aromatic nitrogens is 1. The molecule has 8 heteroatoms. The molecule has 1 N–H and O–H groups in total. The van der Waals surface area contributed by atoms with Gasteiger partial charge in [-0.15, -0.1) is 0 Å². The number of hydrogen-bond acceptors (Lipinski definition) is 3. The lowest BCUT2D eigenvalue weighted by molar-refractivity contribution is -0.141. The fourth-order valence-electron chi connectivity index (χ4n) is 2.99. The molecule has 1 heterocycles. The lowest BCUT2D eigenvalue weighted by Gasteiger charge is -2.19. The third-order valence-corrected chi connectivity index (χ3v) is 4.28. The van der Waals surface area contributed by atoms with Crippen molar-refractivity contribution in [3.8, 4) is 0 Å². The number of nitrogens with zero attached hydrogens (tertiary/aromatic N) is 2. The third-order valence-electron chi connectivity index (χ3n) is 4.28. The molecule has 0 aliphatic heterocycles. The summed E-state index contributed by atoms with van der Waals surface area (Å²) in [5, 5.41) is 2.79. The van der Waals surface area contributed by atoms with E-state index in [4.69, 9.17) is 0 Å². The minimum atomic E-state index is -4.58. The van der Waals surface area contributed by atoms with Gasteiger partial charge in [0.15, 0.2) is 0 Å². The molecule has 0 radical (unpaired) electrons. The Hall–Kier alpha value is -2.90. The predicted octanol–water partition coefficient (Wildman–Crippen LogP) is 4.04. The van der Waals surface area contributed by atoms with E-state index in [0.717, 1.165) is 33.7 Å². The van der Waals surface area contributed by atoms with Crippen molar-refractivity contribution in [2.75, 3.05) is 18.9 Å². The maximum atomic E-state index is 12.7. The van der Waals surface area contributed by atoms with Crippen LogP contribution in [0.15, 0.2) is 24.3 Å². The van der Waals surface area contributed by atoms with Crippen LogP contribution in [0.25, 0.3) is 0 Å². The van der Waals surface area contributed by atoms with Gasteiger partial charge in [-0.1, -0.05) is 17.7 Å². The van der Waals surface area contributed by atoms with Gasteiger partial charge in [-0.2, -0.15) is 13.2 Å². The second-order valence-corrected chi connectivity index (χ2v) is 6.81. The summed E-state index contributed by atoms with van der Waals surface area (Å²) in [6, 6.07) is 5.72. The Kier molecular flexibility index (Phi) is 6.11. The Balaban J connectivity index is 2.11. The maximum Gasteiger partial charge on any atom is 0.433 e. The summed E-state index contributed by atoms with van der Waals surface area (Å²) in [4.78, 5) is 29.5. The molecule has 0 bridgehead atoms. The number of pyridine rings is 1. The van der Waals surface area contributed by atoms with Crippen LogP contribution in [0.1, 0.15) is 38.4 Å². The highest BCUT2D eigenvalue weighted by Crippen LogP contribution is 2.28. The molecule has 5 nitrogen and oxygen atoms in total. The molecule has 2 amide bonds. The number of benzene rings is 1. The van der Waals surface area contributed by atoms with Gasteiger partial charge in [-0.25, -0.2) is 4.98 Å². The summed E-state index contributed by atoms with van der Waals surface area (Å²) >= 11 is 0. The van der Waals surface area contributed by atoms with Crippen molar-refractivity contribution in [3.05, 3.63) is 57.9 Å². The number of rotatable bonds is 4. The minimum absolute atomic E-state index is 0.0194. The number of halogens is 3.